The highest BCUT2D eigenvalue weighted by Gasteiger charge is 2.13. The molecule has 2 aromatic carbocycles. The molecular weight excluding hydrogens is 295 g/mol. The average molecular weight is 306 g/mol. The molecule has 1 N–H and O–H groups in total. The van der Waals surface area contributed by atoms with Crippen LogP contribution in [0.5, 0.6) is 0 Å². The SMILES string of the molecule is O=c1[nH]c(-c2cc(F)ccc2-n2cccn2)nc2ccccc12. The fourth-order valence-corrected chi connectivity index (χ4v) is 2.52. The lowest BCUT2D eigenvalue weighted by atomic mass is 10.1. The lowest BCUT2D eigenvalue weighted by Gasteiger charge is -2.10. The summed E-state index contributed by atoms with van der Waals surface area (Å²) in [6, 6.07) is 13.1. The van der Waals surface area contributed by atoms with Crippen molar-refractivity contribution >= 4 is 10.9 Å². The van der Waals surface area contributed by atoms with Crippen LogP contribution in [0.15, 0.2) is 65.7 Å². The molecule has 2 aromatic heterocycles. The Morgan fingerprint density at radius 1 is 1.09 bits per heavy atom. The van der Waals surface area contributed by atoms with Crippen LogP contribution in [0.4, 0.5) is 4.39 Å². The van der Waals surface area contributed by atoms with Crippen LogP contribution in [0.1, 0.15) is 0 Å². The number of nitrogens with zero attached hydrogens (tertiary/aromatic N) is 3. The zero-order valence-corrected chi connectivity index (χ0v) is 11.9. The molecule has 0 aliphatic rings. The quantitative estimate of drug-likeness (QED) is 0.619. The van der Waals surface area contributed by atoms with Crippen molar-refractivity contribution in [1.29, 1.82) is 0 Å². The Labute approximate surface area is 130 Å². The number of aromatic nitrogens is 4. The van der Waals surface area contributed by atoms with Crippen LogP contribution >= 0.6 is 0 Å². The first kappa shape index (κ1) is 13.4. The molecule has 0 saturated carbocycles. The van der Waals surface area contributed by atoms with Gasteiger partial charge in [-0.2, -0.15) is 5.10 Å². The van der Waals surface area contributed by atoms with E-state index in [4.69, 9.17) is 0 Å². The van der Waals surface area contributed by atoms with Gasteiger partial charge in [0.1, 0.15) is 11.6 Å². The highest BCUT2D eigenvalue weighted by Crippen LogP contribution is 2.25. The van der Waals surface area contributed by atoms with E-state index < -0.39 is 5.82 Å². The van der Waals surface area contributed by atoms with Crippen molar-refractivity contribution < 1.29 is 4.39 Å². The molecular formula is C17H11FN4O. The topological polar surface area (TPSA) is 63.6 Å². The molecule has 0 spiro atoms. The smallest absolute Gasteiger partial charge is 0.259 e. The highest BCUT2D eigenvalue weighted by atomic mass is 19.1. The van der Waals surface area contributed by atoms with Gasteiger partial charge in [-0.15, -0.1) is 0 Å². The summed E-state index contributed by atoms with van der Waals surface area (Å²) in [5.41, 5.74) is 1.40. The number of H-pyrrole nitrogens is 1. The van der Waals surface area contributed by atoms with Crippen LogP contribution in [0.25, 0.3) is 28.0 Å². The van der Waals surface area contributed by atoms with Gasteiger partial charge in [0.2, 0.25) is 0 Å². The van der Waals surface area contributed by atoms with Crippen molar-refractivity contribution in [3.63, 3.8) is 0 Å². The number of nitrogens with one attached hydrogen (secondary N) is 1. The van der Waals surface area contributed by atoms with Crippen LogP contribution in [-0.2, 0) is 0 Å². The van der Waals surface area contributed by atoms with Gasteiger partial charge in [-0.25, -0.2) is 14.1 Å². The first-order valence-electron chi connectivity index (χ1n) is 7.01. The van der Waals surface area contributed by atoms with Gasteiger partial charge in [0.15, 0.2) is 0 Å². The summed E-state index contributed by atoms with van der Waals surface area (Å²) in [5.74, 6) is -0.106. The minimum Gasteiger partial charge on any atom is -0.306 e. The maximum Gasteiger partial charge on any atom is 0.259 e. The van der Waals surface area contributed by atoms with E-state index in [1.165, 1.54) is 12.1 Å². The van der Waals surface area contributed by atoms with E-state index in [0.717, 1.165) is 0 Å². The Bertz CT molecular complexity index is 1050. The van der Waals surface area contributed by atoms with Gasteiger partial charge in [-0.3, -0.25) is 4.79 Å². The average Bonchev–Trinajstić information content (AvgIpc) is 3.09. The van der Waals surface area contributed by atoms with Crippen LogP contribution in [0.3, 0.4) is 0 Å². The number of halogens is 1. The zero-order valence-electron chi connectivity index (χ0n) is 11.9. The molecule has 5 nitrogen and oxygen atoms in total. The second kappa shape index (κ2) is 5.17. The number of fused-ring (bicyclic) bond motifs is 1. The summed E-state index contributed by atoms with van der Waals surface area (Å²) in [6.45, 7) is 0. The number of rotatable bonds is 2. The van der Waals surface area contributed by atoms with E-state index in [1.807, 2.05) is 0 Å². The van der Waals surface area contributed by atoms with E-state index in [2.05, 4.69) is 15.1 Å². The molecule has 23 heavy (non-hydrogen) atoms. The maximum atomic E-state index is 13.7. The highest BCUT2D eigenvalue weighted by molar-refractivity contribution is 5.80. The molecule has 6 heteroatoms. The summed E-state index contributed by atoms with van der Waals surface area (Å²) in [7, 11) is 0. The fraction of sp³-hybridized carbons (Fsp3) is 0. The largest absolute Gasteiger partial charge is 0.306 e. The Balaban J connectivity index is 2.01. The number of hydrogen-bond acceptors (Lipinski definition) is 3. The molecule has 0 amide bonds. The van der Waals surface area contributed by atoms with E-state index >= 15 is 0 Å². The van der Waals surface area contributed by atoms with Gasteiger partial charge in [-0.05, 0) is 36.4 Å². The molecule has 0 bridgehead atoms. The van der Waals surface area contributed by atoms with Crippen LogP contribution in [0, 0.1) is 5.82 Å². The molecule has 0 atom stereocenters. The van der Waals surface area contributed by atoms with E-state index in [-0.39, 0.29) is 5.56 Å². The summed E-state index contributed by atoms with van der Waals surface area (Å²) in [4.78, 5) is 19.4. The van der Waals surface area contributed by atoms with Gasteiger partial charge >= 0.3 is 0 Å². The first-order chi connectivity index (χ1) is 11.2. The molecule has 0 fully saturated rings. The number of benzene rings is 2. The molecule has 4 rings (SSSR count). The second-order valence-electron chi connectivity index (χ2n) is 5.04. The predicted molar refractivity (Wildman–Crippen MR) is 84.9 cm³/mol. The van der Waals surface area contributed by atoms with E-state index in [9.17, 15) is 9.18 Å². The van der Waals surface area contributed by atoms with Crippen molar-refractivity contribution in [3.8, 4) is 17.1 Å². The lowest BCUT2D eigenvalue weighted by Crippen LogP contribution is -2.10. The molecule has 112 valence electrons. The molecule has 0 saturated heterocycles. The maximum absolute atomic E-state index is 13.7. The number of hydrogen-bond donors (Lipinski definition) is 1. The number of para-hydroxylation sites is 1. The van der Waals surface area contributed by atoms with Crippen molar-refractivity contribution in [2.75, 3.05) is 0 Å². The normalized spacial score (nSPS) is 11.0. The van der Waals surface area contributed by atoms with E-state index in [0.29, 0.717) is 28.0 Å². The third kappa shape index (κ3) is 2.30. The van der Waals surface area contributed by atoms with Crippen LogP contribution in [0.2, 0.25) is 0 Å². The molecule has 2 heterocycles. The van der Waals surface area contributed by atoms with Gasteiger partial charge in [-0.1, -0.05) is 12.1 Å². The van der Waals surface area contributed by atoms with Crippen LogP contribution < -0.4 is 5.56 Å². The Morgan fingerprint density at radius 3 is 2.78 bits per heavy atom. The molecule has 0 aliphatic carbocycles. The van der Waals surface area contributed by atoms with Crippen molar-refractivity contribution in [3.05, 3.63) is 77.1 Å². The second-order valence-corrected chi connectivity index (χ2v) is 5.04. The lowest BCUT2D eigenvalue weighted by molar-refractivity contribution is 0.627. The Kier molecular flexibility index (Phi) is 3.01. The monoisotopic (exact) mass is 306 g/mol. The van der Waals surface area contributed by atoms with Gasteiger partial charge in [0, 0.05) is 18.0 Å². The van der Waals surface area contributed by atoms with E-state index in [1.54, 1.807) is 53.5 Å². The van der Waals surface area contributed by atoms with Crippen molar-refractivity contribution in [2.24, 2.45) is 0 Å². The third-order valence-corrected chi connectivity index (χ3v) is 3.58. The first-order valence-corrected chi connectivity index (χ1v) is 7.01. The predicted octanol–water partition coefficient (Wildman–Crippen LogP) is 2.91. The Hall–Kier alpha value is -3.28. The van der Waals surface area contributed by atoms with Gasteiger partial charge in [0.05, 0.1) is 16.6 Å². The molecule has 0 unspecified atom stereocenters. The van der Waals surface area contributed by atoms with Gasteiger partial charge in [0.25, 0.3) is 5.56 Å². The Morgan fingerprint density at radius 2 is 1.96 bits per heavy atom. The van der Waals surface area contributed by atoms with Crippen molar-refractivity contribution in [2.45, 2.75) is 0 Å². The summed E-state index contributed by atoms with van der Waals surface area (Å²) < 4.78 is 15.3. The summed E-state index contributed by atoms with van der Waals surface area (Å²) in [6.07, 6.45) is 3.37. The van der Waals surface area contributed by atoms with Crippen molar-refractivity contribution in [1.82, 2.24) is 19.7 Å². The molecule has 4 aromatic rings. The fourth-order valence-electron chi connectivity index (χ4n) is 2.52. The zero-order chi connectivity index (χ0) is 15.8. The minimum atomic E-state index is -0.410. The summed E-state index contributed by atoms with van der Waals surface area (Å²) >= 11 is 0. The number of aromatic amines is 1. The minimum absolute atomic E-state index is 0.263. The standard InChI is InChI=1S/C17H11FN4O/c18-11-6-7-15(22-9-3-8-19-22)13(10-11)16-20-14-5-2-1-4-12(14)17(23)21-16/h1-10H,(H,20,21,23). The van der Waals surface area contributed by atoms with Crippen LogP contribution in [-0.4, -0.2) is 19.7 Å². The summed E-state index contributed by atoms with van der Waals surface area (Å²) in [5, 5.41) is 4.66. The molecule has 0 radical (unpaired) electrons. The molecule has 0 aliphatic heterocycles. The third-order valence-electron chi connectivity index (χ3n) is 3.58. The van der Waals surface area contributed by atoms with Gasteiger partial charge < -0.3 is 4.98 Å².